The molecule has 0 amide bonds. The Morgan fingerprint density at radius 3 is 2.24 bits per heavy atom. The van der Waals surface area contributed by atoms with Gasteiger partial charge in [-0.25, -0.2) is 0 Å². The number of hydrogen-bond donors (Lipinski definition) is 0. The fraction of sp³-hybridized carbons (Fsp3) is 0.368. The van der Waals surface area contributed by atoms with Crippen LogP contribution in [-0.2, 0) is 6.54 Å². The Kier molecular flexibility index (Phi) is 3.76. The lowest BCUT2D eigenvalue weighted by atomic mass is 9.95. The van der Waals surface area contributed by atoms with Gasteiger partial charge in [0.05, 0.1) is 14.1 Å². The average molecular weight is 296 g/mol. The number of fused-ring (bicyclic) bond motifs is 1. The molecule has 21 heavy (non-hydrogen) atoms. The molecule has 1 heterocycles. The van der Waals surface area contributed by atoms with E-state index in [2.05, 4.69) is 80.0 Å². The lowest BCUT2D eigenvalue weighted by molar-refractivity contribution is 0.281. The van der Waals surface area contributed by atoms with Crippen molar-refractivity contribution in [2.75, 3.05) is 6.17 Å². The molecule has 2 aromatic rings. The van der Waals surface area contributed by atoms with Gasteiger partial charge in [0.2, 0.25) is 0 Å². The van der Waals surface area contributed by atoms with Crippen LogP contribution in [0.15, 0.2) is 48.5 Å². The summed E-state index contributed by atoms with van der Waals surface area (Å²) in [5.74, 6) is 0. The highest BCUT2D eigenvalue weighted by Gasteiger charge is 2.34. The van der Waals surface area contributed by atoms with Crippen molar-refractivity contribution in [3.63, 3.8) is 0 Å². The quantitative estimate of drug-likeness (QED) is 0.737. The summed E-state index contributed by atoms with van der Waals surface area (Å²) in [5, 5.41) is 0. The summed E-state index contributed by atoms with van der Waals surface area (Å²) >= 11 is 0. The molecule has 0 saturated carbocycles. The zero-order valence-electron chi connectivity index (χ0n) is 13.6. The van der Waals surface area contributed by atoms with E-state index in [-0.39, 0.29) is 0 Å². The van der Waals surface area contributed by atoms with Crippen molar-refractivity contribution in [3.8, 4) is 0 Å². The maximum atomic E-state index is 2.69. The van der Waals surface area contributed by atoms with Gasteiger partial charge in [-0.05, 0) is 35.3 Å². The van der Waals surface area contributed by atoms with E-state index >= 15 is 0 Å². The molecule has 2 heteroatoms. The predicted molar refractivity (Wildman–Crippen MR) is 93.2 cm³/mol. The zero-order valence-corrected chi connectivity index (χ0v) is 14.6. The molecular weight excluding hydrogens is 270 g/mol. The van der Waals surface area contributed by atoms with Gasteiger partial charge in [0.25, 0.3) is 0 Å². The average Bonchev–Trinajstić information content (AvgIpc) is 2.75. The van der Waals surface area contributed by atoms with Crippen molar-refractivity contribution in [3.05, 3.63) is 70.8 Å². The first-order valence-electron chi connectivity index (χ1n) is 7.83. The van der Waals surface area contributed by atoms with Gasteiger partial charge in [-0.2, -0.15) is 0 Å². The third kappa shape index (κ3) is 2.97. The standard InChI is InChI=1S/C19H25NSi/c1-15-9-5-7-11-17(15)19-18-12-8-6-10-16(18)13-20(19)14-21(2,3)4/h5-12,19H,13-14H2,1-4H3. The third-order valence-corrected chi connectivity index (χ3v) is 5.60. The minimum Gasteiger partial charge on any atom is -0.291 e. The van der Waals surface area contributed by atoms with Gasteiger partial charge < -0.3 is 0 Å². The van der Waals surface area contributed by atoms with Gasteiger partial charge in [0.15, 0.2) is 0 Å². The zero-order chi connectivity index (χ0) is 15.0. The molecule has 0 radical (unpaired) electrons. The normalized spacial score (nSPS) is 18.8. The van der Waals surface area contributed by atoms with Crippen LogP contribution in [0.4, 0.5) is 0 Å². The molecule has 1 aliphatic rings. The molecular formula is C19H25NSi. The molecule has 110 valence electrons. The molecule has 0 N–H and O–H groups in total. The fourth-order valence-corrected chi connectivity index (χ4v) is 4.98. The van der Waals surface area contributed by atoms with E-state index in [1.165, 1.54) is 28.4 Å². The predicted octanol–water partition coefficient (Wildman–Crippen LogP) is 4.78. The number of aryl methyl sites for hydroxylation is 1. The number of nitrogens with zero attached hydrogens (tertiary/aromatic N) is 1. The van der Waals surface area contributed by atoms with E-state index in [9.17, 15) is 0 Å². The van der Waals surface area contributed by atoms with Gasteiger partial charge in [-0.1, -0.05) is 68.2 Å². The first-order valence-corrected chi connectivity index (χ1v) is 11.5. The number of benzene rings is 2. The van der Waals surface area contributed by atoms with E-state index in [1.54, 1.807) is 0 Å². The Bertz CT molecular complexity index is 642. The molecule has 0 spiro atoms. The Hall–Kier alpha value is -1.38. The van der Waals surface area contributed by atoms with Gasteiger partial charge in [-0.3, -0.25) is 4.90 Å². The van der Waals surface area contributed by atoms with Gasteiger partial charge in [0, 0.05) is 6.54 Å². The fourth-order valence-electron chi connectivity index (χ4n) is 3.47. The lowest BCUT2D eigenvalue weighted by Gasteiger charge is -2.31. The minimum absolute atomic E-state index is 0.439. The van der Waals surface area contributed by atoms with Crippen molar-refractivity contribution >= 4 is 8.07 Å². The minimum atomic E-state index is -1.13. The molecule has 0 aliphatic carbocycles. The van der Waals surface area contributed by atoms with Crippen molar-refractivity contribution in [2.45, 2.75) is 39.2 Å². The molecule has 0 saturated heterocycles. The summed E-state index contributed by atoms with van der Waals surface area (Å²) < 4.78 is 0. The van der Waals surface area contributed by atoms with Crippen molar-refractivity contribution in [1.82, 2.24) is 4.90 Å². The van der Waals surface area contributed by atoms with Crippen LogP contribution < -0.4 is 0 Å². The second-order valence-corrected chi connectivity index (χ2v) is 12.9. The summed E-state index contributed by atoms with van der Waals surface area (Å²) in [4.78, 5) is 2.69. The van der Waals surface area contributed by atoms with E-state index in [0.717, 1.165) is 6.54 Å². The van der Waals surface area contributed by atoms with Crippen LogP contribution in [0, 0.1) is 6.92 Å². The molecule has 1 nitrogen and oxygen atoms in total. The lowest BCUT2D eigenvalue weighted by Crippen LogP contribution is -2.39. The van der Waals surface area contributed by atoms with Crippen molar-refractivity contribution in [1.29, 1.82) is 0 Å². The monoisotopic (exact) mass is 295 g/mol. The highest BCUT2D eigenvalue weighted by molar-refractivity contribution is 6.76. The summed E-state index contributed by atoms with van der Waals surface area (Å²) in [6, 6.07) is 18.3. The molecule has 1 aliphatic heterocycles. The van der Waals surface area contributed by atoms with E-state index in [4.69, 9.17) is 0 Å². The first kappa shape index (κ1) is 14.5. The maximum Gasteiger partial charge on any atom is 0.0607 e. The van der Waals surface area contributed by atoms with Crippen LogP contribution in [-0.4, -0.2) is 19.1 Å². The van der Waals surface area contributed by atoms with Gasteiger partial charge in [-0.15, -0.1) is 0 Å². The van der Waals surface area contributed by atoms with E-state index < -0.39 is 8.07 Å². The number of rotatable bonds is 3. The van der Waals surface area contributed by atoms with Crippen LogP contribution in [0.5, 0.6) is 0 Å². The Morgan fingerprint density at radius 1 is 0.952 bits per heavy atom. The smallest absolute Gasteiger partial charge is 0.0607 e. The second kappa shape index (κ2) is 5.43. The second-order valence-electron chi connectivity index (χ2n) is 7.42. The van der Waals surface area contributed by atoms with Crippen LogP contribution in [0.1, 0.15) is 28.3 Å². The highest BCUT2D eigenvalue weighted by Crippen LogP contribution is 2.39. The Balaban J connectivity index is 2.05. The largest absolute Gasteiger partial charge is 0.291 e. The molecule has 0 bridgehead atoms. The molecule has 0 fully saturated rings. The third-order valence-electron chi connectivity index (χ3n) is 4.25. The molecule has 0 aromatic heterocycles. The Morgan fingerprint density at radius 2 is 1.57 bits per heavy atom. The topological polar surface area (TPSA) is 3.24 Å². The molecule has 1 atom stereocenters. The van der Waals surface area contributed by atoms with Crippen LogP contribution in [0.2, 0.25) is 19.6 Å². The van der Waals surface area contributed by atoms with Crippen LogP contribution in [0.25, 0.3) is 0 Å². The van der Waals surface area contributed by atoms with Crippen molar-refractivity contribution < 1.29 is 0 Å². The van der Waals surface area contributed by atoms with Crippen molar-refractivity contribution in [2.24, 2.45) is 0 Å². The van der Waals surface area contributed by atoms with Gasteiger partial charge >= 0.3 is 0 Å². The summed E-state index contributed by atoms with van der Waals surface area (Å²) in [5.41, 5.74) is 5.88. The van der Waals surface area contributed by atoms with E-state index in [1.807, 2.05) is 0 Å². The Labute approximate surface area is 129 Å². The van der Waals surface area contributed by atoms with Crippen LogP contribution >= 0.6 is 0 Å². The highest BCUT2D eigenvalue weighted by atomic mass is 28.3. The molecule has 3 rings (SSSR count). The SMILES string of the molecule is Cc1ccccc1C1c2ccccc2CN1C[Si](C)(C)C. The number of hydrogen-bond acceptors (Lipinski definition) is 1. The maximum absolute atomic E-state index is 2.69. The summed E-state index contributed by atoms with van der Waals surface area (Å²) in [6.45, 7) is 10.7. The van der Waals surface area contributed by atoms with Gasteiger partial charge in [0.1, 0.15) is 0 Å². The van der Waals surface area contributed by atoms with Crippen LogP contribution in [0.3, 0.4) is 0 Å². The molecule has 1 unspecified atom stereocenters. The van der Waals surface area contributed by atoms with E-state index in [0.29, 0.717) is 6.04 Å². The first-order chi connectivity index (χ1) is 9.96. The summed E-state index contributed by atoms with van der Waals surface area (Å²) in [6.07, 6.45) is 1.25. The summed E-state index contributed by atoms with van der Waals surface area (Å²) in [7, 11) is -1.13. The molecule has 2 aromatic carbocycles.